The number of hydrogen-bond donors (Lipinski definition) is 0. The Hall–Kier alpha value is -0.263. The Morgan fingerprint density at radius 3 is 2.52 bits per heavy atom. The number of nitrogens with zero attached hydrogens (tertiary/aromatic N) is 1. The summed E-state index contributed by atoms with van der Waals surface area (Å²) < 4.78 is 11.7. The van der Waals surface area contributed by atoms with Crippen molar-refractivity contribution in [3.63, 3.8) is 0 Å². The van der Waals surface area contributed by atoms with E-state index in [1.807, 2.05) is 20.8 Å². The average Bonchev–Trinajstić information content (AvgIpc) is 3.11. The van der Waals surface area contributed by atoms with Crippen LogP contribution in [0.4, 0.5) is 4.79 Å². The zero-order chi connectivity index (χ0) is 16.3. The Kier molecular flexibility index (Phi) is 6.56. The second-order valence-electron chi connectivity index (χ2n) is 7.37. The molecule has 4 nitrogen and oxygen atoms in total. The molecule has 1 rings (SSSR count). The van der Waals surface area contributed by atoms with Crippen LogP contribution in [0, 0.1) is 0 Å². The van der Waals surface area contributed by atoms with Gasteiger partial charge in [-0.25, -0.2) is 4.79 Å². The van der Waals surface area contributed by atoms with Crippen molar-refractivity contribution in [2.45, 2.75) is 77.4 Å². The highest BCUT2D eigenvalue weighted by Crippen LogP contribution is 2.29. The third kappa shape index (κ3) is 6.57. The van der Waals surface area contributed by atoms with Crippen LogP contribution in [0.2, 0.25) is 19.1 Å². The molecule has 0 aromatic carbocycles. The van der Waals surface area contributed by atoms with Gasteiger partial charge < -0.3 is 9.16 Å². The molecular weight excluding hydrogens is 306 g/mol. The fourth-order valence-corrected chi connectivity index (χ4v) is 5.04. The third-order valence-corrected chi connectivity index (χ3v) is 6.27. The summed E-state index contributed by atoms with van der Waals surface area (Å²) in [5.74, 6) is 0.423. The van der Waals surface area contributed by atoms with E-state index in [9.17, 15) is 4.79 Å². The number of alkyl halides is 1. The highest BCUT2D eigenvalue weighted by Gasteiger charge is 2.47. The van der Waals surface area contributed by atoms with Gasteiger partial charge in [0.2, 0.25) is 0 Å². The molecule has 124 valence electrons. The topological polar surface area (TPSA) is 38.5 Å². The van der Waals surface area contributed by atoms with E-state index in [1.165, 1.54) is 12.8 Å². The summed E-state index contributed by atoms with van der Waals surface area (Å²) in [6.07, 6.45) is 2.03. The highest BCUT2D eigenvalue weighted by atomic mass is 35.5. The van der Waals surface area contributed by atoms with Gasteiger partial charge in [0.15, 0.2) is 8.32 Å². The predicted molar refractivity (Wildman–Crippen MR) is 89.5 cm³/mol. The fourth-order valence-electron chi connectivity index (χ4n) is 2.29. The van der Waals surface area contributed by atoms with Crippen LogP contribution >= 0.6 is 11.6 Å². The monoisotopic (exact) mass is 335 g/mol. The molecule has 0 N–H and O–H groups in total. The lowest BCUT2D eigenvalue weighted by atomic mass is 10.2. The van der Waals surface area contributed by atoms with E-state index in [2.05, 4.69) is 20.0 Å². The van der Waals surface area contributed by atoms with Crippen LogP contribution in [0.5, 0.6) is 0 Å². The lowest BCUT2D eigenvalue weighted by molar-refractivity contribution is 0.0378. The summed E-state index contributed by atoms with van der Waals surface area (Å²) in [5, 5.41) is 0. The number of carbonyl (C=O) groups is 1. The maximum atomic E-state index is 12.0. The van der Waals surface area contributed by atoms with Crippen molar-refractivity contribution in [2.24, 2.45) is 0 Å². The van der Waals surface area contributed by atoms with E-state index in [0.29, 0.717) is 12.4 Å². The number of carbonyl (C=O) groups excluding carboxylic acids is 1. The van der Waals surface area contributed by atoms with Crippen LogP contribution in [0.15, 0.2) is 0 Å². The molecule has 2 unspecified atom stereocenters. The second-order valence-corrected chi connectivity index (χ2v) is 11.9. The van der Waals surface area contributed by atoms with Gasteiger partial charge in [0.1, 0.15) is 5.60 Å². The minimum absolute atomic E-state index is 0.0716. The van der Waals surface area contributed by atoms with E-state index in [4.69, 9.17) is 20.8 Å². The summed E-state index contributed by atoms with van der Waals surface area (Å²) in [7, 11) is -1.71. The lowest BCUT2D eigenvalue weighted by Gasteiger charge is -2.28. The molecule has 0 saturated carbocycles. The first kappa shape index (κ1) is 18.8. The van der Waals surface area contributed by atoms with E-state index < -0.39 is 13.9 Å². The third-order valence-electron chi connectivity index (χ3n) is 3.46. The Balaban J connectivity index is 2.50. The molecule has 6 heteroatoms. The molecule has 1 aliphatic heterocycles. The standard InChI is InChI=1S/C15H30ClNO3Si/c1-7-8-9-21(5,6)20-13(10-16)12-11-17(12)14(18)19-15(2,3)4/h12-13H,7-11H2,1-6H3. The molecule has 0 bridgehead atoms. The van der Waals surface area contributed by atoms with Crippen molar-refractivity contribution in [1.29, 1.82) is 0 Å². The van der Waals surface area contributed by atoms with Crippen molar-refractivity contribution >= 4 is 26.0 Å². The van der Waals surface area contributed by atoms with E-state index in [1.54, 1.807) is 4.90 Å². The van der Waals surface area contributed by atoms with Gasteiger partial charge >= 0.3 is 6.09 Å². The van der Waals surface area contributed by atoms with Crippen molar-refractivity contribution < 1.29 is 14.0 Å². The van der Waals surface area contributed by atoms with Gasteiger partial charge in [0.25, 0.3) is 0 Å². The number of hydrogen-bond acceptors (Lipinski definition) is 3. The minimum atomic E-state index is -1.71. The molecule has 0 spiro atoms. The number of amides is 1. The molecule has 1 saturated heterocycles. The van der Waals surface area contributed by atoms with Crippen LogP contribution in [-0.4, -0.2) is 49.5 Å². The van der Waals surface area contributed by atoms with Crippen LogP contribution in [0.3, 0.4) is 0 Å². The molecule has 0 aromatic rings. The molecule has 1 aliphatic rings. The first-order valence-corrected chi connectivity index (χ1v) is 11.5. The Labute approximate surface area is 135 Å². The smallest absolute Gasteiger partial charge is 0.410 e. The summed E-state index contributed by atoms with van der Waals surface area (Å²) in [6.45, 7) is 12.9. The highest BCUT2D eigenvalue weighted by molar-refractivity contribution is 6.71. The van der Waals surface area contributed by atoms with Gasteiger partial charge in [0.05, 0.1) is 12.1 Å². The Bertz CT molecular complexity index is 357. The van der Waals surface area contributed by atoms with Gasteiger partial charge in [0, 0.05) is 12.4 Å². The Morgan fingerprint density at radius 2 is 2.05 bits per heavy atom. The second kappa shape index (κ2) is 7.33. The summed E-state index contributed by atoms with van der Waals surface area (Å²) in [6, 6.07) is 1.21. The maximum absolute atomic E-state index is 12.0. The van der Waals surface area contributed by atoms with Gasteiger partial charge in [-0.05, 0) is 39.9 Å². The number of unbranched alkanes of at least 4 members (excludes halogenated alkanes) is 1. The predicted octanol–water partition coefficient (Wildman–Crippen LogP) is 4.23. The molecule has 0 aromatic heterocycles. The van der Waals surface area contributed by atoms with Crippen LogP contribution in [0.1, 0.15) is 40.5 Å². The van der Waals surface area contributed by atoms with Crippen LogP contribution in [-0.2, 0) is 9.16 Å². The zero-order valence-electron chi connectivity index (χ0n) is 14.2. The summed E-state index contributed by atoms with van der Waals surface area (Å²) in [5.41, 5.74) is -0.462. The van der Waals surface area contributed by atoms with Crippen LogP contribution in [0.25, 0.3) is 0 Å². The molecule has 1 fully saturated rings. The molecule has 1 heterocycles. The van der Waals surface area contributed by atoms with Crippen molar-refractivity contribution in [1.82, 2.24) is 4.90 Å². The van der Waals surface area contributed by atoms with Crippen molar-refractivity contribution in [3.05, 3.63) is 0 Å². The SMILES string of the molecule is CCCC[Si](C)(C)OC(CCl)C1CN1C(=O)OC(C)(C)C. The minimum Gasteiger partial charge on any atom is -0.444 e. The van der Waals surface area contributed by atoms with Crippen LogP contribution < -0.4 is 0 Å². The first-order chi connectivity index (χ1) is 9.59. The zero-order valence-corrected chi connectivity index (χ0v) is 16.0. The summed E-state index contributed by atoms with van der Waals surface area (Å²) >= 11 is 6.06. The molecule has 21 heavy (non-hydrogen) atoms. The maximum Gasteiger partial charge on any atom is 0.410 e. The number of rotatable bonds is 7. The van der Waals surface area contributed by atoms with E-state index >= 15 is 0 Å². The lowest BCUT2D eigenvalue weighted by Crippen LogP contribution is -2.40. The number of halogens is 1. The van der Waals surface area contributed by atoms with Gasteiger partial charge in [-0.1, -0.05) is 19.8 Å². The van der Waals surface area contributed by atoms with E-state index in [-0.39, 0.29) is 18.2 Å². The molecular formula is C15H30ClNO3Si. The molecule has 0 aliphatic carbocycles. The largest absolute Gasteiger partial charge is 0.444 e. The van der Waals surface area contributed by atoms with Gasteiger partial charge in [-0.2, -0.15) is 0 Å². The molecule has 0 radical (unpaired) electrons. The van der Waals surface area contributed by atoms with Crippen molar-refractivity contribution in [3.8, 4) is 0 Å². The number of ether oxygens (including phenoxy) is 1. The van der Waals surface area contributed by atoms with Crippen molar-refractivity contribution in [2.75, 3.05) is 12.4 Å². The Morgan fingerprint density at radius 1 is 1.43 bits per heavy atom. The van der Waals surface area contributed by atoms with Gasteiger partial charge in [-0.15, -0.1) is 11.6 Å². The fraction of sp³-hybridized carbons (Fsp3) is 0.933. The first-order valence-electron chi connectivity index (χ1n) is 7.83. The molecule has 1 amide bonds. The summed E-state index contributed by atoms with van der Waals surface area (Å²) in [4.78, 5) is 13.7. The average molecular weight is 336 g/mol. The quantitative estimate of drug-likeness (QED) is 0.397. The van der Waals surface area contributed by atoms with Gasteiger partial charge in [-0.3, -0.25) is 4.90 Å². The normalized spacial score (nSPS) is 20.3. The van der Waals surface area contributed by atoms with E-state index in [0.717, 1.165) is 6.04 Å². The molecule has 2 atom stereocenters.